The van der Waals surface area contributed by atoms with E-state index in [1.807, 2.05) is 0 Å². The summed E-state index contributed by atoms with van der Waals surface area (Å²) in [5, 5.41) is 2.90. The number of hydrogen-bond acceptors (Lipinski definition) is 6. The number of rotatable bonds is 5. The van der Waals surface area contributed by atoms with E-state index in [9.17, 15) is 4.79 Å². The number of hydrogen-bond donors (Lipinski definition) is 1. The summed E-state index contributed by atoms with van der Waals surface area (Å²) in [5.41, 5.74) is 3.02. The van der Waals surface area contributed by atoms with E-state index in [0.717, 1.165) is 45.6 Å². The van der Waals surface area contributed by atoms with Gasteiger partial charge in [0.2, 0.25) is 5.95 Å². The highest BCUT2D eigenvalue weighted by Crippen LogP contribution is 2.19. The Hall–Kier alpha value is -2.67. The second-order valence-electron chi connectivity index (χ2n) is 7.43. The van der Waals surface area contributed by atoms with Gasteiger partial charge in [0.05, 0.1) is 11.7 Å². The predicted molar refractivity (Wildman–Crippen MR) is 109 cm³/mol. The third kappa shape index (κ3) is 4.42. The number of nitrogens with zero attached hydrogens (tertiary/aromatic N) is 4. The van der Waals surface area contributed by atoms with E-state index in [-0.39, 0.29) is 12.0 Å². The first-order valence-electron chi connectivity index (χ1n) is 9.97. The standard InChI is InChI=1S/C21H27N5O2/c1-16-4-2-5-18(12-16)25-7-9-26(10-8-25)21-23-13-17(14-24-21)20(27)22-15-19-6-3-11-28-19/h2,4-5,12-14,19H,3,6-11,15H2,1H3,(H,22,27). The zero-order valence-corrected chi connectivity index (χ0v) is 16.3. The van der Waals surface area contributed by atoms with Gasteiger partial charge in [0.15, 0.2) is 0 Å². The van der Waals surface area contributed by atoms with Gasteiger partial charge >= 0.3 is 0 Å². The van der Waals surface area contributed by atoms with Gasteiger partial charge in [0.25, 0.3) is 5.91 Å². The van der Waals surface area contributed by atoms with Crippen molar-refractivity contribution < 1.29 is 9.53 Å². The summed E-state index contributed by atoms with van der Waals surface area (Å²) in [6.45, 7) is 7.02. The number of carbonyl (C=O) groups is 1. The first-order valence-corrected chi connectivity index (χ1v) is 9.97. The third-order valence-electron chi connectivity index (χ3n) is 5.34. The average Bonchev–Trinajstić information content (AvgIpc) is 3.26. The average molecular weight is 381 g/mol. The van der Waals surface area contributed by atoms with Gasteiger partial charge in [0, 0.05) is 57.4 Å². The number of amides is 1. The maximum atomic E-state index is 12.2. The predicted octanol–water partition coefficient (Wildman–Crippen LogP) is 2.02. The molecule has 1 aromatic heterocycles. The lowest BCUT2D eigenvalue weighted by Crippen LogP contribution is -2.47. The number of carbonyl (C=O) groups excluding carboxylic acids is 1. The fourth-order valence-electron chi connectivity index (χ4n) is 3.71. The van der Waals surface area contributed by atoms with Gasteiger partial charge in [-0.15, -0.1) is 0 Å². The summed E-state index contributed by atoms with van der Waals surface area (Å²) in [4.78, 5) is 25.6. The summed E-state index contributed by atoms with van der Waals surface area (Å²) in [6, 6.07) is 8.59. The minimum atomic E-state index is -0.147. The molecule has 7 heteroatoms. The number of nitrogens with one attached hydrogen (secondary N) is 1. The van der Waals surface area contributed by atoms with E-state index < -0.39 is 0 Å². The van der Waals surface area contributed by atoms with E-state index in [1.54, 1.807) is 12.4 Å². The highest BCUT2D eigenvalue weighted by atomic mass is 16.5. The molecule has 0 spiro atoms. The van der Waals surface area contributed by atoms with Crippen LogP contribution in [0.2, 0.25) is 0 Å². The lowest BCUT2D eigenvalue weighted by atomic mass is 10.2. The second kappa shape index (κ2) is 8.56. The van der Waals surface area contributed by atoms with Crippen molar-refractivity contribution in [3.8, 4) is 0 Å². The summed E-state index contributed by atoms with van der Waals surface area (Å²) in [6.07, 6.45) is 5.42. The van der Waals surface area contributed by atoms with Crippen molar-refractivity contribution in [2.24, 2.45) is 0 Å². The Kier molecular flexibility index (Phi) is 5.71. The number of aromatic nitrogens is 2. The van der Waals surface area contributed by atoms with Crippen LogP contribution in [0.25, 0.3) is 0 Å². The molecule has 1 unspecified atom stereocenters. The Balaban J connectivity index is 1.30. The Morgan fingerprint density at radius 1 is 1.18 bits per heavy atom. The molecule has 2 aliphatic rings. The highest BCUT2D eigenvalue weighted by molar-refractivity contribution is 5.93. The summed E-state index contributed by atoms with van der Waals surface area (Å²) in [5.74, 6) is 0.533. The van der Waals surface area contributed by atoms with Gasteiger partial charge < -0.3 is 19.9 Å². The van der Waals surface area contributed by atoms with Crippen LogP contribution in [0.15, 0.2) is 36.7 Å². The molecule has 0 aliphatic carbocycles. The fraction of sp³-hybridized carbons (Fsp3) is 0.476. The SMILES string of the molecule is Cc1cccc(N2CCN(c3ncc(C(=O)NCC4CCCO4)cn3)CC2)c1. The van der Waals surface area contributed by atoms with Gasteiger partial charge in [-0.2, -0.15) is 0 Å². The molecule has 0 radical (unpaired) electrons. The van der Waals surface area contributed by atoms with E-state index in [2.05, 4.69) is 56.3 Å². The van der Waals surface area contributed by atoms with Crippen LogP contribution < -0.4 is 15.1 Å². The molecule has 28 heavy (non-hydrogen) atoms. The number of benzene rings is 1. The molecule has 4 rings (SSSR count). The molecule has 148 valence electrons. The van der Waals surface area contributed by atoms with Crippen molar-refractivity contribution in [3.63, 3.8) is 0 Å². The van der Waals surface area contributed by atoms with Crippen molar-refractivity contribution in [3.05, 3.63) is 47.8 Å². The molecule has 1 N–H and O–H groups in total. The minimum absolute atomic E-state index is 0.133. The van der Waals surface area contributed by atoms with Crippen molar-refractivity contribution in [1.82, 2.24) is 15.3 Å². The Morgan fingerprint density at radius 2 is 1.93 bits per heavy atom. The molecule has 0 bridgehead atoms. The molecule has 2 fully saturated rings. The number of anilines is 2. The topological polar surface area (TPSA) is 70.6 Å². The zero-order chi connectivity index (χ0) is 19.3. The van der Waals surface area contributed by atoms with Crippen LogP contribution in [0, 0.1) is 6.92 Å². The molecular formula is C21H27N5O2. The molecular weight excluding hydrogens is 354 g/mol. The van der Waals surface area contributed by atoms with Crippen molar-refractivity contribution in [1.29, 1.82) is 0 Å². The summed E-state index contributed by atoms with van der Waals surface area (Å²) < 4.78 is 5.53. The van der Waals surface area contributed by atoms with Crippen molar-refractivity contribution >= 4 is 17.5 Å². The normalized spacial score (nSPS) is 19.7. The fourth-order valence-corrected chi connectivity index (χ4v) is 3.71. The van der Waals surface area contributed by atoms with Gasteiger partial charge in [-0.1, -0.05) is 12.1 Å². The number of aryl methyl sites for hydroxylation is 1. The molecule has 1 amide bonds. The third-order valence-corrected chi connectivity index (χ3v) is 5.34. The monoisotopic (exact) mass is 381 g/mol. The maximum absolute atomic E-state index is 12.2. The Morgan fingerprint density at radius 3 is 2.61 bits per heavy atom. The van der Waals surface area contributed by atoms with Crippen molar-refractivity contribution in [2.75, 3.05) is 49.1 Å². The zero-order valence-electron chi connectivity index (χ0n) is 16.3. The largest absolute Gasteiger partial charge is 0.376 e. The highest BCUT2D eigenvalue weighted by Gasteiger charge is 2.20. The van der Waals surface area contributed by atoms with E-state index >= 15 is 0 Å². The van der Waals surface area contributed by atoms with Crippen LogP contribution in [0.4, 0.5) is 11.6 Å². The second-order valence-corrected chi connectivity index (χ2v) is 7.43. The summed E-state index contributed by atoms with van der Waals surface area (Å²) in [7, 11) is 0. The smallest absolute Gasteiger partial charge is 0.254 e. The number of piperazine rings is 1. The molecule has 3 heterocycles. The summed E-state index contributed by atoms with van der Waals surface area (Å²) >= 11 is 0. The van der Waals surface area contributed by atoms with Crippen LogP contribution >= 0.6 is 0 Å². The van der Waals surface area contributed by atoms with Gasteiger partial charge in [0.1, 0.15) is 0 Å². The van der Waals surface area contributed by atoms with Crippen LogP contribution in [0.5, 0.6) is 0 Å². The molecule has 2 aliphatic heterocycles. The van der Waals surface area contributed by atoms with Gasteiger partial charge in [-0.3, -0.25) is 4.79 Å². The van der Waals surface area contributed by atoms with E-state index in [0.29, 0.717) is 18.1 Å². The molecule has 2 aromatic rings. The van der Waals surface area contributed by atoms with Crippen LogP contribution in [-0.2, 0) is 4.74 Å². The molecule has 0 saturated carbocycles. The number of ether oxygens (including phenoxy) is 1. The van der Waals surface area contributed by atoms with Crippen LogP contribution in [0.1, 0.15) is 28.8 Å². The maximum Gasteiger partial charge on any atom is 0.254 e. The lowest BCUT2D eigenvalue weighted by molar-refractivity contribution is 0.0857. The lowest BCUT2D eigenvalue weighted by Gasteiger charge is -2.36. The molecule has 1 aromatic carbocycles. The van der Waals surface area contributed by atoms with Crippen LogP contribution in [0.3, 0.4) is 0 Å². The van der Waals surface area contributed by atoms with Gasteiger partial charge in [-0.25, -0.2) is 9.97 Å². The van der Waals surface area contributed by atoms with Gasteiger partial charge in [-0.05, 0) is 37.5 Å². The van der Waals surface area contributed by atoms with Crippen molar-refractivity contribution in [2.45, 2.75) is 25.9 Å². The quantitative estimate of drug-likeness (QED) is 0.855. The van der Waals surface area contributed by atoms with E-state index in [1.165, 1.54) is 11.3 Å². The molecule has 2 saturated heterocycles. The molecule has 1 atom stereocenters. The molecule has 7 nitrogen and oxygen atoms in total. The first kappa shape index (κ1) is 18.7. The first-order chi connectivity index (χ1) is 13.7. The van der Waals surface area contributed by atoms with Crippen LogP contribution in [-0.4, -0.2) is 61.3 Å². The minimum Gasteiger partial charge on any atom is -0.376 e. The Labute approximate surface area is 165 Å². The van der Waals surface area contributed by atoms with E-state index in [4.69, 9.17) is 4.74 Å². The Bertz CT molecular complexity index is 797.